The van der Waals surface area contributed by atoms with Crippen molar-refractivity contribution in [2.75, 3.05) is 19.6 Å². The number of piperazine rings is 1. The van der Waals surface area contributed by atoms with Gasteiger partial charge in [-0.2, -0.15) is 0 Å². The number of rotatable bonds is 6. The van der Waals surface area contributed by atoms with Crippen molar-refractivity contribution in [1.29, 1.82) is 0 Å². The van der Waals surface area contributed by atoms with Gasteiger partial charge in [-0.25, -0.2) is 0 Å². The molecule has 1 fully saturated rings. The highest BCUT2D eigenvalue weighted by atomic mass is 16.5. The molecule has 5 nitrogen and oxygen atoms in total. The normalized spacial score (nSPS) is 17.0. The van der Waals surface area contributed by atoms with Gasteiger partial charge in [0, 0.05) is 44.9 Å². The smallest absolute Gasteiger partial charge is 0.220 e. The second-order valence-corrected chi connectivity index (χ2v) is 7.59. The number of ether oxygens (including phenoxy) is 1. The van der Waals surface area contributed by atoms with E-state index in [2.05, 4.69) is 28.1 Å². The zero-order valence-corrected chi connectivity index (χ0v) is 17.3. The van der Waals surface area contributed by atoms with Crippen molar-refractivity contribution < 1.29 is 9.53 Å². The lowest BCUT2D eigenvalue weighted by molar-refractivity contribution is -0.134. The topological polar surface area (TPSA) is 45.7 Å². The highest BCUT2D eigenvalue weighted by molar-refractivity contribution is 5.74. The van der Waals surface area contributed by atoms with Gasteiger partial charge in [-0.15, -0.1) is 0 Å². The first-order chi connectivity index (χ1) is 14.7. The maximum absolute atomic E-state index is 12.2. The van der Waals surface area contributed by atoms with E-state index in [1.165, 1.54) is 5.56 Å². The first-order valence-electron chi connectivity index (χ1n) is 10.4. The fourth-order valence-electron chi connectivity index (χ4n) is 3.97. The number of pyridine rings is 1. The molecule has 1 atom stereocenters. The van der Waals surface area contributed by atoms with E-state index in [0.717, 1.165) is 43.2 Å². The van der Waals surface area contributed by atoms with E-state index in [-0.39, 0.29) is 11.9 Å². The molecule has 1 aromatic heterocycles. The monoisotopic (exact) mass is 401 g/mol. The van der Waals surface area contributed by atoms with E-state index in [4.69, 9.17) is 4.74 Å². The van der Waals surface area contributed by atoms with E-state index in [0.29, 0.717) is 6.61 Å². The number of benzene rings is 2. The van der Waals surface area contributed by atoms with Gasteiger partial charge < -0.3 is 9.64 Å². The van der Waals surface area contributed by atoms with Crippen LogP contribution in [-0.4, -0.2) is 40.3 Å². The van der Waals surface area contributed by atoms with Crippen LogP contribution in [0.3, 0.4) is 0 Å². The molecular formula is C25H27N3O2. The van der Waals surface area contributed by atoms with Crippen LogP contribution < -0.4 is 4.74 Å². The van der Waals surface area contributed by atoms with Gasteiger partial charge >= 0.3 is 0 Å². The zero-order valence-electron chi connectivity index (χ0n) is 17.3. The van der Waals surface area contributed by atoms with Crippen LogP contribution in [0.2, 0.25) is 0 Å². The van der Waals surface area contributed by atoms with Gasteiger partial charge in [0.1, 0.15) is 12.4 Å². The average molecular weight is 402 g/mol. The van der Waals surface area contributed by atoms with Gasteiger partial charge in [-0.3, -0.25) is 14.7 Å². The highest BCUT2D eigenvalue weighted by Crippen LogP contribution is 2.28. The van der Waals surface area contributed by atoms with Crippen LogP contribution in [0.4, 0.5) is 0 Å². The molecule has 0 N–H and O–H groups in total. The number of hydrogen-bond acceptors (Lipinski definition) is 4. The fourth-order valence-corrected chi connectivity index (χ4v) is 3.97. The Kier molecular flexibility index (Phi) is 6.40. The Morgan fingerprint density at radius 2 is 1.77 bits per heavy atom. The lowest BCUT2D eigenvalue weighted by Gasteiger charge is -2.41. The number of amides is 1. The molecule has 0 bridgehead atoms. The van der Waals surface area contributed by atoms with Crippen molar-refractivity contribution in [1.82, 2.24) is 14.8 Å². The second kappa shape index (κ2) is 9.55. The summed E-state index contributed by atoms with van der Waals surface area (Å²) in [4.78, 5) is 20.9. The standard InChI is InChI=1S/C25H27N3O2/c1-20(29)28-16-15-27(18-24(28)21-9-3-2-4-10-21)17-22-11-5-6-13-25(22)30-19-23-12-7-8-14-26-23/h2-14,24H,15-19H2,1H3. The molecule has 0 spiro atoms. The molecule has 0 saturated carbocycles. The molecule has 4 rings (SSSR count). The van der Waals surface area contributed by atoms with Gasteiger partial charge in [0.2, 0.25) is 5.91 Å². The number of carbonyl (C=O) groups excluding carboxylic acids is 1. The molecule has 2 heterocycles. The summed E-state index contributed by atoms with van der Waals surface area (Å²) in [6.45, 7) is 5.27. The van der Waals surface area contributed by atoms with Crippen LogP contribution >= 0.6 is 0 Å². The molecule has 2 aromatic carbocycles. The fraction of sp³-hybridized carbons (Fsp3) is 0.280. The van der Waals surface area contributed by atoms with Crippen molar-refractivity contribution >= 4 is 5.91 Å². The predicted octanol–water partition coefficient (Wildman–Crippen LogP) is 4.07. The van der Waals surface area contributed by atoms with E-state index < -0.39 is 0 Å². The van der Waals surface area contributed by atoms with Gasteiger partial charge in [0.05, 0.1) is 11.7 Å². The van der Waals surface area contributed by atoms with Gasteiger partial charge in [-0.1, -0.05) is 54.6 Å². The second-order valence-electron chi connectivity index (χ2n) is 7.59. The van der Waals surface area contributed by atoms with E-state index in [1.54, 1.807) is 13.1 Å². The van der Waals surface area contributed by atoms with Gasteiger partial charge in [0.15, 0.2) is 0 Å². The van der Waals surface area contributed by atoms with Crippen molar-refractivity contribution in [3.05, 3.63) is 95.8 Å². The van der Waals surface area contributed by atoms with Crippen molar-refractivity contribution in [2.45, 2.75) is 26.1 Å². The van der Waals surface area contributed by atoms with E-state index >= 15 is 0 Å². The summed E-state index contributed by atoms with van der Waals surface area (Å²) in [5, 5.41) is 0. The maximum Gasteiger partial charge on any atom is 0.220 e. The Morgan fingerprint density at radius 1 is 1.00 bits per heavy atom. The minimum atomic E-state index is 0.0686. The van der Waals surface area contributed by atoms with Crippen LogP contribution in [0.1, 0.15) is 29.8 Å². The molecule has 3 aromatic rings. The third kappa shape index (κ3) is 4.86. The summed E-state index contributed by atoms with van der Waals surface area (Å²) in [7, 11) is 0. The average Bonchev–Trinajstić information content (AvgIpc) is 2.79. The number of carbonyl (C=O) groups is 1. The summed E-state index contributed by atoms with van der Waals surface area (Å²) >= 11 is 0. The molecule has 30 heavy (non-hydrogen) atoms. The van der Waals surface area contributed by atoms with Gasteiger partial charge in [-0.05, 0) is 23.8 Å². The Balaban J connectivity index is 1.47. The van der Waals surface area contributed by atoms with Crippen molar-refractivity contribution in [2.24, 2.45) is 0 Å². The number of nitrogens with zero attached hydrogens (tertiary/aromatic N) is 3. The summed E-state index contributed by atoms with van der Waals surface area (Å²) < 4.78 is 6.08. The summed E-state index contributed by atoms with van der Waals surface area (Å²) in [5.74, 6) is 1.01. The summed E-state index contributed by atoms with van der Waals surface area (Å²) in [6.07, 6.45) is 1.78. The molecular weight excluding hydrogens is 374 g/mol. The third-order valence-electron chi connectivity index (χ3n) is 5.52. The first kappa shape index (κ1) is 20.1. The molecule has 1 aliphatic rings. The Morgan fingerprint density at radius 3 is 2.53 bits per heavy atom. The van der Waals surface area contributed by atoms with Crippen LogP contribution in [-0.2, 0) is 17.9 Å². The van der Waals surface area contributed by atoms with Crippen LogP contribution in [0.15, 0.2) is 79.0 Å². The number of para-hydroxylation sites is 1. The molecule has 0 radical (unpaired) electrons. The lowest BCUT2D eigenvalue weighted by atomic mass is 10.0. The molecule has 154 valence electrons. The number of hydrogen-bond donors (Lipinski definition) is 0. The van der Waals surface area contributed by atoms with E-state index in [9.17, 15) is 4.79 Å². The first-order valence-corrected chi connectivity index (χ1v) is 10.4. The molecule has 1 amide bonds. The third-order valence-corrected chi connectivity index (χ3v) is 5.52. The summed E-state index contributed by atoms with van der Waals surface area (Å²) in [6, 6.07) is 24.4. The van der Waals surface area contributed by atoms with E-state index in [1.807, 2.05) is 59.5 Å². The van der Waals surface area contributed by atoms with Gasteiger partial charge in [0.25, 0.3) is 0 Å². The minimum absolute atomic E-state index is 0.0686. The molecule has 5 heteroatoms. The Bertz CT molecular complexity index is 962. The van der Waals surface area contributed by atoms with Crippen LogP contribution in [0, 0.1) is 0 Å². The molecule has 0 aliphatic carbocycles. The largest absolute Gasteiger partial charge is 0.487 e. The molecule has 1 aliphatic heterocycles. The Hall–Kier alpha value is -3.18. The van der Waals surface area contributed by atoms with Crippen molar-refractivity contribution in [3.63, 3.8) is 0 Å². The quantitative estimate of drug-likeness (QED) is 0.625. The Labute approximate surface area is 177 Å². The predicted molar refractivity (Wildman–Crippen MR) is 117 cm³/mol. The molecule has 1 saturated heterocycles. The molecule has 1 unspecified atom stereocenters. The maximum atomic E-state index is 12.2. The van der Waals surface area contributed by atoms with Crippen molar-refractivity contribution in [3.8, 4) is 5.75 Å². The zero-order chi connectivity index (χ0) is 20.8. The van der Waals surface area contributed by atoms with Crippen LogP contribution in [0.5, 0.6) is 5.75 Å². The summed E-state index contributed by atoms with van der Waals surface area (Å²) in [5.41, 5.74) is 3.24. The number of aromatic nitrogens is 1. The SMILES string of the molecule is CC(=O)N1CCN(Cc2ccccc2OCc2ccccn2)CC1c1ccccc1. The lowest BCUT2D eigenvalue weighted by Crippen LogP contribution is -2.49. The van der Waals surface area contributed by atoms with Crippen LogP contribution in [0.25, 0.3) is 0 Å². The minimum Gasteiger partial charge on any atom is -0.487 e. The highest BCUT2D eigenvalue weighted by Gasteiger charge is 2.30.